The maximum Gasteiger partial charge on any atom is 0.0662 e. The Balaban J connectivity index is 2.87. The standard InChI is InChI=1S/C11H14Cl2O/c1-11(2,14-3)7-8-4-9(12)6-10(13)5-8/h4-6H,7H2,1-3H3. The second-order valence-electron chi connectivity index (χ2n) is 3.92. The van der Waals surface area contributed by atoms with Gasteiger partial charge in [0.05, 0.1) is 5.60 Å². The predicted molar refractivity (Wildman–Crippen MR) is 61.3 cm³/mol. The summed E-state index contributed by atoms with van der Waals surface area (Å²) >= 11 is 11.8. The number of benzene rings is 1. The van der Waals surface area contributed by atoms with Crippen LogP contribution in [0.3, 0.4) is 0 Å². The third kappa shape index (κ3) is 3.49. The highest BCUT2D eigenvalue weighted by atomic mass is 35.5. The monoisotopic (exact) mass is 232 g/mol. The summed E-state index contributed by atoms with van der Waals surface area (Å²) in [6.45, 7) is 4.06. The van der Waals surface area contributed by atoms with Crippen LogP contribution in [0.5, 0.6) is 0 Å². The van der Waals surface area contributed by atoms with Crippen LogP contribution in [-0.2, 0) is 11.2 Å². The van der Waals surface area contributed by atoms with Crippen molar-refractivity contribution in [3.05, 3.63) is 33.8 Å². The van der Waals surface area contributed by atoms with Crippen LogP contribution in [0.4, 0.5) is 0 Å². The maximum absolute atomic E-state index is 5.90. The maximum atomic E-state index is 5.90. The number of methoxy groups -OCH3 is 1. The highest BCUT2D eigenvalue weighted by molar-refractivity contribution is 6.34. The van der Waals surface area contributed by atoms with Gasteiger partial charge in [0.1, 0.15) is 0 Å². The molecule has 0 fully saturated rings. The molecule has 1 nitrogen and oxygen atoms in total. The van der Waals surface area contributed by atoms with Crippen LogP contribution >= 0.6 is 23.2 Å². The van der Waals surface area contributed by atoms with E-state index in [9.17, 15) is 0 Å². The van der Waals surface area contributed by atoms with Crippen LogP contribution in [0.25, 0.3) is 0 Å². The van der Waals surface area contributed by atoms with Gasteiger partial charge in [-0.05, 0) is 37.6 Å². The average molecular weight is 233 g/mol. The Hall–Kier alpha value is -0.240. The third-order valence-electron chi connectivity index (χ3n) is 2.10. The first kappa shape index (κ1) is 11.8. The molecular formula is C11H14Cl2O. The van der Waals surface area contributed by atoms with Crippen molar-refractivity contribution in [3.8, 4) is 0 Å². The van der Waals surface area contributed by atoms with Crippen molar-refractivity contribution >= 4 is 23.2 Å². The highest BCUT2D eigenvalue weighted by Gasteiger charge is 2.17. The third-order valence-corrected chi connectivity index (χ3v) is 2.54. The largest absolute Gasteiger partial charge is 0.378 e. The summed E-state index contributed by atoms with van der Waals surface area (Å²) in [4.78, 5) is 0. The van der Waals surface area contributed by atoms with Crippen LogP contribution in [-0.4, -0.2) is 12.7 Å². The Morgan fingerprint density at radius 2 is 1.64 bits per heavy atom. The van der Waals surface area contributed by atoms with Gasteiger partial charge >= 0.3 is 0 Å². The van der Waals surface area contributed by atoms with E-state index in [0.29, 0.717) is 10.0 Å². The molecule has 0 N–H and O–H groups in total. The first-order valence-corrected chi connectivity index (χ1v) is 5.19. The molecule has 0 aliphatic heterocycles. The molecule has 0 heterocycles. The second kappa shape index (κ2) is 4.52. The van der Waals surface area contributed by atoms with E-state index in [2.05, 4.69) is 0 Å². The lowest BCUT2D eigenvalue weighted by atomic mass is 9.98. The summed E-state index contributed by atoms with van der Waals surface area (Å²) in [5.74, 6) is 0. The van der Waals surface area contributed by atoms with Gasteiger partial charge in [-0.3, -0.25) is 0 Å². The first-order valence-electron chi connectivity index (χ1n) is 4.43. The van der Waals surface area contributed by atoms with Gasteiger partial charge in [0.2, 0.25) is 0 Å². The summed E-state index contributed by atoms with van der Waals surface area (Å²) in [7, 11) is 1.70. The van der Waals surface area contributed by atoms with Crippen LogP contribution in [0.1, 0.15) is 19.4 Å². The van der Waals surface area contributed by atoms with Gasteiger partial charge in [-0.1, -0.05) is 23.2 Å². The minimum atomic E-state index is -0.186. The zero-order chi connectivity index (χ0) is 10.8. The molecule has 0 aliphatic rings. The molecule has 0 radical (unpaired) electrons. The van der Waals surface area contributed by atoms with Crippen molar-refractivity contribution in [2.24, 2.45) is 0 Å². The molecule has 0 amide bonds. The van der Waals surface area contributed by atoms with Crippen LogP contribution in [0.2, 0.25) is 10.0 Å². The van der Waals surface area contributed by atoms with E-state index in [1.807, 2.05) is 26.0 Å². The first-order chi connectivity index (χ1) is 6.43. The van der Waals surface area contributed by atoms with E-state index in [4.69, 9.17) is 27.9 Å². The molecule has 3 heteroatoms. The summed E-state index contributed by atoms with van der Waals surface area (Å²) < 4.78 is 5.34. The minimum absolute atomic E-state index is 0.186. The lowest BCUT2D eigenvalue weighted by Gasteiger charge is -2.23. The Kier molecular flexibility index (Phi) is 3.82. The van der Waals surface area contributed by atoms with Crippen LogP contribution in [0, 0.1) is 0 Å². The number of halogens is 2. The highest BCUT2D eigenvalue weighted by Crippen LogP contribution is 2.23. The molecule has 78 valence electrons. The van der Waals surface area contributed by atoms with Gasteiger partial charge in [-0.15, -0.1) is 0 Å². The summed E-state index contributed by atoms with van der Waals surface area (Å²) in [5.41, 5.74) is 0.905. The number of hydrogen-bond acceptors (Lipinski definition) is 1. The number of hydrogen-bond donors (Lipinski definition) is 0. The van der Waals surface area contributed by atoms with Crippen molar-refractivity contribution in [2.45, 2.75) is 25.9 Å². The fourth-order valence-electron chi connectivity index (χ4n) is 1.28. The molecule has 0 aliphatic carbocycles. The number of ether oxygens (including phenoxy) is 1. The van der Waals surface area contributed by atoms with Crippen molar-refractivity contribution in [1.29, 1.82) is 0 Å². The Morgan fingerprint density at radius 3 is 2.07 bits per heavy atom. The van der Waals surface area contributed by atoms with Crippen LogP contribution < -0.4 is 0 Å². The normalized spacial score (nSPS) is 11.8. The Bertz CT molecular complexity index is 301. The van der Waals surface area contributed by atoms with Crippen molar-refractivity contribution in [2.75, 3.05) is 7.11 Å². The van der Waals surface area contributed by atoms with Crippen molar-refractivity contribution in [3.63, 3.8) is 0 Å². The quantitative estimate of drug-likeness (QED) is 0.767. The molecule has 0 bridgehead atoms. The van der Waals surface area contributed by atoms with Gasteiger partial charge in [0, 0.05) is 23.6 Å². The molecule has 0 unspecified atom stereocenters. The second-order valence-corrected chi connectivity index (χ2v) is 4.79. The van der Waals surface area contributed by atoms with Gasteiger partial charge < -0.3 is 4.74 Å². The molecule has 1 rings (SSSR count). The zero-order valence-corrected chi connectivity index (χ0v) is 10.1. The van der Waals surface area contributed by atoms with Gasteiger partial charge in [-0.2, -0.15) is 0 Å². The molecule has 14 heavy (non-hydrogen) atoms. The zero-order valence-electron chi connectivity index (χ0n) is 8.60. The molecule has 1 aromatic rings. The SMILES string of the molecule is COC(C)(C)Cc1cc(Cl)cc(Cl)c1. The molecule has 0 saturated heterocycles. The Labute approximate surface area is 95.0 Å². The van der Waals surface area contributed by atoms with Crippen molar-refractivity contribution in [1.82, 2.24) is 0 Å². The van der Waals surface area contributed by atoms with E-state index in [-0.39, 0.29) is 5.60 Å². The molecule has 0 aromatic heterocycles. The lowest BCUT2D eigenvalue weighted by molar-refractivity contribution is 0.0232. The minimum Gasteiger partial charge on any atom is -0.378 e. The van der Waals surface area contributed by atoms with Crippen LogP contribution in [0.15, 0.2) is 18.2 Å². The topological polar surface area (TPSA) is 9.23 Å². The lowest BCUT2D eigenvalue weighted by Crippen LogP contribution is -2.25. The predicted octanol–water partition coefficient (Wildman–Crippen LogP) is 3.96. The smallest absolute Gasteiger partial charge is 0.0662 e. The molecule has 0 spiro atoms. The average Bonchev–Trinajstić information content (AvgIpc) is 2.01. The fraction of sp³-hybridized carbons (Fsp3) is 0.455. The van der Waals surface area contributed by atoms with E-state index in [1.165, 1.54) is 0 Å². The molecule has 1 aromatic carbocycles. The number of rotatable bonds is 3. The summed E-state index contributed by atoms with van der Waals surface area (Å²) in [5, 5.41) is 1.33. The van der Waals surface area contributed by atoms with Gasteiger partial charge in [0.25, 0.3) is 0 Å². The molecule has 0 atom stereocenters. The van der Waals surface area contributed by atoms with E-state index in [1.54, 1.807) is 13.2 Å². The Morgan fingerprint density at radius 1 is 1.14 bits per heavy atom. The van der Waals surface area contributed by atoms with E-state index in [0.717, 1.165) is 12.0 Å². The van der Waals surface area contributed by atoms with E-state index >= 15 is 0 Å². The fourth-order valence-corrected chi connectivity index (χ4v) is 1.85. The van der Waals surface area contributed by atoms with Gasteiger partial charge in [-0.25, -0.2) is 0 Å². The van der Waals surface area contributed by atoms with E-state index < -0.39 is 0 Å². The summed E-state index contributed by atoms with van der Waals surface area (Å²) in [6, 6.07) is 5.55. The summed E-state index contributed by atoms with van der Waals surface area (Å²) in [6.07, 6.45) is 0.795. The molecule has 0 saturated carbocycles. The van der Waals surface area contributed by atoms with Crippen molar-refractivity contribution < 1.29 is 4.74 Å². The molecular weight excluding hydrogens is 219 g/mol. The van der Waals surface area contributed by atoms with Gasteiger partial charge in [0.15, 0.2) is 0 Å².